The Bertz CT molecular complexity index is 729. The summed E-state index contributed by atoms with van der Waals surface area (Å²) in [4.78, 5) is 24.1. The fraction of sp³-hybridized carbons (Fsp3) is 0.286. The fourth-order valence-corrected chi connectivity index (χ4v) is 1.96. The molecule has 0 aliphatic carbocycles. The van der Waals surface area contributed by atoms with Gasteiger partial charge in [0.15, 0.2) is 0 Å². The van der Waals surface area contributed by atoms with E-state index < -0.39 is 12.6 Å². The molecular formula is C14H15ClN4O. The van der Waals surface area contributed by atoms with Gasteiger partial charge in [0.2, 0.25) is 0 Å². The van der Waals surface area contributed by atoms with Crippen molar-refractivity contribution in [3.63, 3.8) is 0 Å². The van der Waals surface area contributed by atoms with Gasteiger partial charge in [-0.05, 0) is 32.3 Å². The number of pyridine rings is 1. The summed E-state index contributed by atoms with van der Waals surface area (Å²) < 4.78 is 21.2. The van der Waals surface area contributed by atoms with Gasteiger partial charge < -0.3 is 5.32 Å². The first-order chi connectivity index (χ1) is 10.6. The van der Waals surface area contributed by atoms with Crippen LogP contribution in [0.15, 0.2) is 18.3 Å². The monoisotopic (exact) mass is 293 g/mol. The number of halogens is 1. The highest BCUT2D eigenvalue weighted by molar-refractivity contribution is 6.31. The van der Waals surface area contributed by atoms with Crippen molar-refractivity contribution in [1.82, 2.24) is 15.0 Å². The molecule has 0 spiro atoms. The van der Waals surface area contributed by atoms with Crippen molar-refractivity contribution < 1.29 is 8.91 Å². The summed E-state index contributed by atoms with van der Waals surface area (Å²) in [6, 6.07) is 3.28. The van der Waals surface area contributed by atoms with Crippen LogP contribution in [0.4, 0.5) is 11.6 Å². The van der Waals surface area contributed by atoms with E-state index in [0.29, 0.717) is 23.0 Å². The predicted molar refractivity (Wildman–Crippen MR) is 78.4 cm³/mol. The largest absolute Gasteiger partial charge is 0.325 e. The standard InChI is InChI=1S/C14H15ClN4O/c1-8-4-14(18-10(3)17-8)19-13-6-12(15)11(7-16-13)5-9(2)20/h4,6-7H,5H2,1-3H3,(H,16,17,18,19)/i2D3. The normalized spacial score (nSPS) is 13.2. The summed E-state index contributed by atoms with van der Waals surface area (Å²) in [5.41, 5.74) is 1.18. The zero-order chi connectivity index (χ0) is 17.2. The Morgan fingerprint density at radius 3 is 2.80 bits per heavy atom. The summed E-state index contributed by atoms with van der Waals surface area (Å²) in [6.45, 7) is 0.988. The van der Waals surface area contributed by atoms with E-state index in [-0.39, 0.29) is 11.4 Å². The summed E-state index contributed by atoms with van der Waals surface area (Å²) >= 11 is 6.10. The lowest BCUT2D eigenvalue weighted by molar-refractivity contribution is -0.116. The van der Waals surface area contributed by atoms with Gasteiger partial charge in [0.25, 0.3) is 0 Å². The fourth-order valence-electron chi connectivity index (χ4n) is 1.74. The molecule has 2 aromatic heterocycles. The minimum atomic E-state index is -2.64. The molecule has 5 nitrogen and oxygen atoms in total. The molecule has 2 heterocycles. The minimum Gasteiger partial charge on any atom is -0.325 e. The lowest BCUT2D eigenvalue weighted by atomic mass is 10.1. The first kappa shape index (κ1) is 10.7. The van der Waals surface area contributed by atoms with Gasteiger partial charge in [-0.3, -0.25) is 4.79 Å². The molecule has 2 aromatic rings. The van der Waals surface area contributed by atoms with E-state index in [1.165, 1.54) is 12.3 Å². The zero-order valence-corrected chi connectivity index (χ0v) is 11.8. The predicted octanol–water partition coefficient (Wildman–Crippen LogP) is 3.02. The molecule has 0 aliphatic rings. The summed E-state index contributed by atoms with van der Waals surface area (Å²) in [5.74, 6) is 0.768. The van der Waals surface area contributed by atoms with Crippen LogP contribution in [-0.2, 0) is 11.2 Å². The highest BCUT2D eigenvalue weighted by Crippen LogP contribution is 2.21. The Morgan fingerprint density at radius 2 is 2.15 bits per heavy atom. The highest BCUT2D eigenvalue weighted by atomic mass is 35.5. The van der Waals surface area contributed by atoms with Crippen LogP contribution in [-0.4, -0.2) is 20.7 Å². The topological polar surface area (TPSA) is 67.8 Å². The van der Waals surface area contributed by atoms with E-state index in [1.807, 2.05) is 6.92 Å². The zero-order valence-electron chi connectivity index (χ0n) is 14.1. The van der Waals surface area contributed by atoms with Crippen molar-refractivity contribution in [1.29, 1.82) is 0 Å². The molecule has 0 saturated heterocycles. The van der Waals surface area contributed by atoms with Crippen LogP contribution < -0.4 is 5.32 Å². The summed E-state index contributed by atoms with van der Waals surface area (Å²) in [7, 11) is 0. The second kappa shape index (κ2) is 5.96. The van der Waals surface area contributed by atoms with Crippen LogP contribution in [0.25, 0.3) is 0 Å². The molecule has 0 saturated carbocycles. The van der Waals surface area contributed by atoms with Gasteiger partial charge in [0.05, 0.1) is 0 Å². The first-order valence-corrected chi connectivity index (χ1v) is 6.30. The Morgan fingerprint density at radius 1 is 1.35 bits per heavy atom. The number of carbonyl (C=O) groups is 1. The average molecular weight is 294 g/mol. The number of aryl methyl sites for hydroxylation is 2. The van der Waals surface area contributed by atoms with Crippen LogP contribution in [0.1, 0.15) is 28.0 Å². The molecule has 0 unspecified atom stereocenters. The third-order valence-corrected chi connectivity index (χ3v) is 2.85. The van der Waals surface area contributed by atoms with E-state index in [4.69, 9.17) is 15.7 Å². The lowest BCUT2D eigenvalue weighted by Gasteiger charge is -2.08. The van der Waals surface area contributed by atoms with Crippen molar-refractivity contribution in [3.05, 3.63) is 40.4 Å². The number of hydrogen-bond donors (Lipinski definition) is 1. The van der Waals surface area contributed by atoms with Gasteiger partial charge in [0.1, 0.15) is 23.2 Å². The molecule has 0 fully saturated rings. The number of aromatic nitrogens is 3. The molecule has 0 bridgehead atoms. The van der Waals surface area contributed by atoms with Gasteiger partial charge in [-0.1, -0.05) is 11.6 Å². The third-order valence-electron chi connectivity index (χ3n) is 2.50. The maximum Gasteiger partial charge on any atom is 0.135 e. The Kier molecular flexibility index (Phi) is 3.20. The Labute approximate surface area is 126 Å². The van der Waals surface area contributed by atoms with E-state index in [2.05, 4.69) is 20.3 Å². The van der Waals surface area contributed by atoms with Crippen LogP contribution in [0.2, 0.25) is 5.02 Å². The highest BCUT2D eigenvalue weighted by Gasteiger charge is 2.07. The van der Waals surface area contributed by atoms with Crippen LogP contribution in [0, 0.1) is 13.8 Å². The molecule has 20 heavy (non-hydrogen) atoms. The number of Topliss-reactive ketones (excluding diaryl/α,β-unsaturated/α-hetero) is 1. The average Bonchev–Trinajstić information content (AvgIpc) is 2.39. The molecule has 0 aliphatic heterocycles. The molecule has 1 N–H and O–H groups in total. The molecule has 0 amide bonds. The number of carbonyl (C=O) groups excluding carboxylic acids is 1. The second-order valence-corrected chi connectivity index (χ2v) is 4.73. The number of rotatable bonds is 4. The maximum atomic E-state index is 11.6. The molecule has 2 rings (SSSR count). The number of anilines is 2. The molecule has 6 heteroatoms. The number of ketones is 1. The van der Waals surface area contributed by atoms with E-state index >= 15 is 0 Å². The van der Waals surface area contributed by atoms with Gasteiger partial charge in [0, 0.05) is 33.5 Å². The molecular weight excluding hydrogens is 276 g/mol. The molecule has 0 aromatic carbocycles. The van der Waals surface area contributed by atoms with Crippen molar-refractivity contribution in [2.24, 2.45) is 0 Å². The van der Waals surface area contributed by atoms with Gasteiger partial charge in [-0.15, -0.1) is 0 Å². The lowest BCUT2D eigenvalue weighted by Crippen LogP contribution is -2.02. The van der Waals surface area contributed by atoms with E-state index in [9.17, 15) is 4.79 Å². The molecule has 0 atom stereocenters. The third kappa shape index (κ3) is 3.74. The minimum absolute atomic E-state index is 0.266. The molecule has 104 valence electrons. The number of nitrogens with zero attached hydrogens (tertiary/aromatic N) is 3. The Balaban J connectivity index is 2.17. The van der Waals surface area contributed by atoms with E-state index in [1.54, 1.807) is 13.0 Å². The van der Waals surface area contributed by atoms with Gasteiger partial charge >= 0.3 is 0 Å². The Hall–Kier alpha value is -2.01. The smallest absolute Gasteiger partial charge is 0.135 e. The molecule has 0 radical (unpaired) electrons. The van der Waals surface area contributed by atoms with Crippen molar-refractivity contribution >= 4 is 29.0 Å². The first-order valence-electron chi connectivity index (χ1n) is 7.42. The van der Waals surface area contributed by atoms with Gasteiger partial charge in [-0.25, -0.2) is 15.0 Å². The van der Waals surface area contributed by atoms with Crippen LogP contribution in [0.3, 0.4) is 0 Å². The maximum absolute atomic E-state index is 11.6. The van der Waals surface area contributed by atoms with E-state index in [0.717, 1.165) is 5.69 Å². The summed E-state index contributed by atoms with van der Waals surface area (Å²) in [6.07, 6.45) is 1.10. The second-order valence-electron chi connectivity index (χ2n) is 4.33. The van der Waals surface area contributed by atoms with Crippen molar-refractivity contribution in [2.45, 2.75) is 27.1 Å². The number of hydrogen-bond acceptors (Lipinski definition) is 5. The summed E-state index contributed by atoms with van der Waals surface area (Å²) in [5, 5.41) is 3.26. The van der Waals surface area contributed by atoms with Crippen LogP contribution in [0.5, 0.6) is 0 Å². The van der Waals surface area contributed by atoms with Crippen molar-refractivity contribution in [2.75, 3.05) is 5.32 Å². The quantitative estimate of drug-likeness (QED) is 0.938. The van der Waals surface area contributed by atoms with Crippen LogP contribution >= 0.6 is 11.6 Å². The SMILES string of the molecule is [2H]C([2H])([2H])C(=O)Cc1cnc(Nc2cc(C)nc(C)n2)cc1Cl. The van der Waals surface area contributed by atoms with Gasteiger partial charge in [-0.2, -0.15) is 0 Å². The number of nitrogens with one attached hydrogen (secondary N) is 1. The van der Waals surface area contributed by atoms with Crippen molar-refractivity contribution in [3.8, 4) is 0 Å².